The van der Waals surface area contributed by atoms with Crippen LogP contribution >= 0.6 is 0 Å². The average Bonchev–Trinajstić information content (AvgIpc) is 3.67. The van der Waals surface area contributed by atoms with Gasteiger partial charge in [-0.25, -0.2) is 0 Å². The molecule has 2 spiro atoms. The lowest BCUT2D eigenvalue weighted by atomic mass is 9.64. The van der Waals surface area contributed by atoms with Gasteiger partial charge in [0.2, 0.25) is 6.29 Å². The minimum Gasteiger partial charge on any atom is -0.435 e. The molecule has 0 bridgehead atoms. The molecule has 0 amide bonds. The highest BCUT2D eigenvalue weighted by atomic mass is 16.7. The molecule has 3 saturated carbocycles. The summed E-state index contributed by atoms with van der Waals surface area (Å²) in [4.78, 5) is 12.8. The lowest BCUT2D eigenvalue weighted by Crippen LogP contribution is -2.46. The Morgan fingerprint density at radius 2 is 1.38 bits per heavy atom. The summed E-state index contributed by atoms with van der Waals surface area (Å²) in [6.45, 7) is 10.2. The summed E-state index contributed by atoms with van der Waals surface area (Å²) in [6.07, 6.45) is 24.2. The maximum absolute atomic E-state index is 12.8. The first-order chi connectivity index (χ1) is 17.8. The molecule has 2 heterocycles. The molecule has 3 aliphatic carbocycles. The molecule has 2 saturated heterocycles. The van der Waals surface area contributed by atoms with Crippen molar-refractivity contribution in [2.75, 3.05) is 6.61 Å². The molecule has 212 valence electrons. The van der Waals surface area contributed by atoms with E-state index in [1.807, 2.05) is 0 Å². The van der Waals surface area contributed by atoms with Gasteiger partial charge in [0, 0.05) is 6.42 Å². The van der Waals surface area contributed by atoms with Crippen molar-refractivity contribution in [1.29, 1.82) is 0 Å². The second kappa shape index (κ2) is 11.1. The molecule has 37 heavy (non-hydrogen) atoms. The van der Waals surface area contributed by atoms with Gasteiger partial charge in [0.1, 0.15) is 5.60 Å². The average molecular weight is 517 g/mol. The normalized spacial score (nSPS) is 40.0. The summed E-state index contributed by atoms with van der Waals surface area (Å²) in [7, 11) is 0. The monoisotopic (exact) mass is 516 g/mol. The van der Waals surface area contributed by atoms with Gasteiger partial charge in [-0.3, -0.25) is 4.79 Å². The number of carbonyl (C=O) groups is 1. The van der Waals surface area contributed by atoms with E-state index >= 15 is 0 Å². The van der Waals surface area contributed by atoms with Crippen LogP contribution in [0.1, 0.15) is 150 Å². The van der Waals surface area contributed by atoms with Crippen LogP contribution in [-0.2, 0) is 19.0 Å². The van der Waals surface area contributed by atoms with Gasteiger partial charge in [0.15, 0.2) is 0 Å². The van der Waals surface area contributed by atoms with E-state index in [9.17, 15) is 4.79 Å². The fourth-order valence-electron chi connectivity index (χ4n) is 9.33. The van der Waals surface area contributed by atoms with E-state index in [0.29, 0.717) is 36.4 Å². The van der Waals surface area contributed by atoms with Crippen LogP contribution in [0.4, 0.5) is 0 Å². The van der Waals surface area contributed by atoms with Crippen LogP contribution in [0.5, 0.6) is 0 Å². The SMILES string of the molecule is CCCCCCCCCCCCCCCCCC(=O)O[C@@H]1OCC23O[C@@H]2[C@H]2CC(C)(C)C[C@H]2[C@]2(C)CC132. The summed E-state index contributed by atoms with van der Waals surface area (Å²) in [6, 6.07) is 0. The fourth-order valence-corrected chi connectivity index (χ4v) is 9.33. The van der Waals surface area contributed by atoms with E-state index in [1.165, 1.54) is 96.3 Å². The number of hydrogen-bond acceptors (Lipinski definition) is 4. The smallest absolute Gasteiger partial charge is 0.308 e. The van der Waals surface area contributed by atoms with Gasteiger partial charge < -0.3 is 14.2 Å². The highest BCUT2D eigenvalue weighted by Gasteiger charge is 2.95. The number of fused-ring (bicyclic) bond motifs is 3. The van der Waals surface area contributed by atoms with Gasteiger partial charge in [0.05, 0.1) is 18.1 Å². The van der Waals surface area contributed by atoms with Crippen molar-refractivity contribution in [3.05, 3.63) is 0 Å². The van der Waals surface area contributed by atoms with E-state index in [2.05, 4.69) is 27.7 Å². The van der Waals surface area contributed by atoms with Crippen LogP contribution < -0.4 is 0 Å². The highest BCUT2D eigenvalue weighted by Crippen LogP contribution is 2.88. The molecule has 4 heteroatoms. The molecule has 2 unspecified atom stereocenters. The number of ether oxygens (including phenoxy) is 3. The number of esters is 1. The third kappa shape index (κ3) is 5.17. The van der Waals surface area contributed by atoms with E-state index in [0.717, 1.165) is 19.3 Å². The van der Waals surface area contributed by atoms with Gasteiger partial charge in [-0.15, -0.1) is 0 Å². The second-order valence-corrected chi connectivity index (χ2v) is 14.7. The minimum absolute atomic E-state index is 0.0635. The Hall–Kier alpha value is -0.610. The zero-order valence-electron chi connectivity index (χ0n) is 24.6. The van der Waals surface area contributed by atoms with E-state index in [1.54, 1.807) is 0 Å². The summed E-state index contributed by atoms with van der Waals surface area (Å²) in [5.41, 5.74) is 0.350. The first-order valence-electron chi connectivity index (χ1n) is 16.3. The third-order valence-corrected chi connectivity index (χ3v) is 11.4. The summed E-state index contributed by atoms with van der Waals surface area (Å²) >= 11 is 0. The molecular formula is C33H56O4. The lowest BCUT2D eigenvalue weighted by molar-refractivity contribution is -0.182. The van der Waals surface area contributed by atoms with Crippen molar-refractivity contribution < 1.29 is 19.0 Å². The summed E-state index contributed by atoms with van der Waals surface area (Å²) < 4.78 is 18.8. The molecule has 5 aliphatic rings. The predicted octanol–water partition coefficient (Wildman–Crippen LogP) is 8.75. The van der Waals surface area contributed by atoms with Crippen LogP contribution in [-0.4, -0.2) is 30.6 Å². The first-order valence-corrected chi connectivity index (χ1v) is 16.3. The quantitative estimate of drug-likeness (QED) is 0.110. The standard InChI is InChI=1S/C33H56O4/c1-5-6-7-8-9-10-11-12-13-14-15-16-17-18-19-20-27(34)36-29-32-23-31(32,4)26-22-30(2,3)21-25(26)28-33(32,37-28)24-35-29/h25-26,28-29H,5-24H2,1-4H3/t25-,26+,28+,29-,31-,32?,33?/m0/s1. The number of unbranched alkanes of at least 4 members (excludes halogenated alkanes) is 14. The topological polar surface area (TPSA) is 48.1 Å². The largest absolute Gasteiger partial charge is 0.435 e. The summed E-state index contributed by atoms with van der Waals surface area (Å²) in [5.74, 6) is 1.28. The molecule has 0 aromatic heterocycles. The predicted molar refractivity (Wildman–Crippen MR) is 148 cm³/mol. The Labute approximate surface area is 227 Å². The molecule has 2 aliphatic heterocycles. The van der Waals surface area contributed by atoms with Crippen LogP contribution in [0.25, 0.3) is 0 Å². The Morgan fingerprint density at radius 1 is 0.811 bits per heavy atom. The van der Waals surface area contributed by atoms with E-state index in [-0.39, 0.29) is 22.4 Å². The molecular weight excluding hydrogens is 460 g/mol. The minimum atomic E-state index is -0.393. The molecule has 0 N–H and O–H groups in total. The Bertz CT molecular complexity index is 793. The molecule has 0 radical (unpaired) electrons. The zero-order chi connectivity index (χ0) is 26.2. The van der Waals surface area contributed by atoms with Crippen molar-refractivity contribution in [3.63, 3.8) is 0 Å². The van der Waals surface area contributed by atoms with Crippen molar-refractivity contribution in [1.82, 2.24) is 0 Å². The second-order valence-electron chi connectivity index (χ2n) is 14.7. The van der Waals surface area contributed by atoms with Crippen LogP contribution in [0.3, 0.4) is 0 Å². The fraction of sp³-hybridized carbons (Fsp3) is 0.970. The Kier molecular flexibility index (Phi) is 8.39. The van der Waals surface area contributed by atoms with Crippen molar-refractivity contribution in [2.45, 2.75) is 168 Å². The molecule has 4 nitrogen and oxygen atoms in total. The van der Waals surface area contributed by atoms with Gasteiger partial charge in [0.25, 0.3) is 0 Å². The highest BCUT2D eigenvalue weighted by molar-refractivity contribution is 5.69. The number of hydrogen-bond donors (Lipinski definition) is 0. The van der Waals surface area contributed by atoms with Gasteiger partial charge in [-0.1, -0.05) is 118 Å². The van der Waals surface area contributed by atoms with E-state index < -0.39 is 6.29 Å². The molecule has 5 rings (SSSR count). The Balaban J connectivity index is 0.928. The van der Waals surface area contributed by atoms with Crippen molar-refractivity contribution >= 4 is 5.97 Å². The molecule has 5 fully saturated rings. The number of epoxide rings is 1. The number of rotatable bonds is 17. The molecule has 7 atom stereocenters. The van der Waals surface area contributed by atoms with Crippen LogP contribution in [0.2, 0.25) is 0 Å². The molecule has 0 aromatic carbocycles. The van der Waals surface area contributed by atoms with Gasteiger partial charge in [-0.2, -0.15) is 0 Å². The lowest BCUT2D eigenvalue weighted by Gasteiger charge is -2.37. The third-order valence-electron chi connectivity index (χ3n) is 11.4. The van der Waals surface area contributed by atoms with Crippen LogP contribution in [0.15, 0.2) is 0 Å². The maximum atomic E-state index is 12.8. The van der Waals surface area contributed by atoms with E-state index in [4.69, 9.17) is 14.2 Å². The van der Waals surface area contributed by atoms with Crippen molar-refractivity contribution in [2.24, 2.45) is 28.1 Å². The molecule has 0 aromatic rings. The maximum Gasteiger partial charge on any atom is 0.308 e. The van der Waals surface area contributed by atoms with Crippen LogP contribution in [0, 0.1) is 28.1 Å². The summed E-state index contributed by atoms with van der Waals surface area (Å²) in [5, 5.41) is 0. The first kappa shape index (κ1) is 27.9. The zero-order valence-corrected chi connectivity index (χ0v) is 24.6. The number of carbonyl (C=O) groups excluding carboxylic acids is 1. The Morgan fingerprint density at radius 3 is 1.97 bits per heavy atom. The van der Waals surface area contributed by atoms with Crippen molar-refractivity contribution in [3.8, 4) is 0 Å². The van der Waals surface area contributed by atoms with Gasteiger partial charge >= 0.3 is 5.97 Å². The van der Waals surface area contributed by atoms with Gasteiger partial charge in [-0.05, 0) is 48.3 Å².